The molecule has 2 bridgehead atoms. The first-order chi connectivity index (χ1) is 12.9. The van der Waals surface area contributed by atoms with Gasteiger partial charge in [0.2, 0.25) is 11.8 Å². The highest BCUT2D eigenvalue weighted by Crippen LogP contribution is 2.52. The molecule has 3 heterocycles. The molecule has 0 radical (unpaired) electrons. The van der Waals surface area contributed by atoms with Crippen molar-refractivity contribution < 1.29 is 28.2 Å². The second-order valence-corrected chi connectivity index (χ2v) is 6.90. The highest BCUT2D eigenvalue weighted by molar-refractivity contribution is 5.99. The van der Waals surface area contributed by atoms with E-state index in [4.69, 9.17) is 9.47 Å². The van der Waals surface area contributed by atoms with E-state index in [1.165, 1.54) is 23.1 Å². The van der Waals surface area contributed by atoms with E-state index in [1.807, 2.05) is 0 Å². The van der Waals surface area contributed by atoms with Crippen molar-refractivity contribution in [2.45, 2.75) is 18.6 Å². The lowest BCUT2D eigenvalue weighted by Gasteiger charge is -2.23. The molecular weight excluding hydrogens is 355 g/mol. The van der Waals surface area contributed by atoms with Crippen molar-refractivity contribution in [2.75, 3.05) is 25.0 Å². The van der Waals surface area contributed by atoms with Crippen LogP contribution in [0.1, 0.15) is 6.92 Å². The number of nitrogens with one attached hydrogen (secondary N) is 1. The first kappa shape index (κ1) is 17.7. The van der Waals surface area contributed by atoms with Crippen LogP contribution in [0, 0.1) is 17.7 Å². The quantitative estimate of drug-likeness (QED) is 0.617. The number of hydrogen-bond donors (Lipinski definition) is 1. The van der Waals surface area contributed by atoms with Crippen molar-refractivity contribution in [3.8, 4) is 0 Å². The molecule has 0 aliphatic carbocycles. The number of rotatable bonds is 5. The summed E-state index contributed by atoms with van der Waals surface area (Å²) in [5, 5.41) is 2.66. The highest BCUT2D eigenvalue weighted by Gasteiger charge is 2.66. The molecule has 1 spiro atoms. The summed E-state index contributed by atoms with van der Waals surface area (Å²) in [4.78, 5) is 38.9. The third-order valence-corrected chi connectivity index (χ3v) is 5.20. The summed E-state index contributed by atoms with van der Waals surface area (Å²) in [5.41, 5.74) is -0.590. The lowest BCUT2D eigenvalue weighted by Crippen LogP contribution is -2.41. The number of hydrogen-bond acceptors (Lipinski definition) is 5. The fourth-order valence-corrected chi connectivity index (χ4v) is 4.17. The molecule has 8 heteroatoms. The van der Waals surface area contributed by atoms with Crippen LogP contribution in [0.4, 0.5) is 10.1 Å². The number of anilines is 1. The number of likely N-dealkylation sites (tertiary alicyclic amines) is 1. The lowest BCUT2D eigenvalue weighted by molar-refractivity contribution is -0.148. The Morgan fingerprint density at radius 2 is 2.26 bits per heavy atom. The van der Waals surface area contributed by atoms with Gasteiger partial charge in [-0.15, -0.1) is 0 Å². The van der Waals surface area contributed by atoms with Gasteiger partial charge in [-0.1, -0.05) is 18.2 Å². The van der Waals surface area contributed by atoms with Crippen LogP contribution in [-0.4, -0.2) is 54.1 Å². The number of halogens is 1. The van der Waals surface area contributed by atoms with Crippen LogP contribution in [0.15, 0.2) is 36.4 Å². The molecule has 142 valence electrons. The topological polar surface area (TPSA) is 84.9 Å². The van der Waals surface area contributed by atoms with Gasteiger partial charge in [-0.25, -0.2) is 4.39 Å². The van der Waals surface area contributed by atoms with Crippen molar-refractivity contribution >= 4 is 23.5 Å². The maximum Gasteiger partial charge on any atom is 0.325 e. The van der Waals surface area contributed by atoms with E-state index in [-0.39, 0.29) is 25.6 Å². The predicted octanol–water partition coefficient (Wildman–Crippen LogP) is 1.11. The van der Waals surface area contributed by atoms with Gasteiger partial charge in [0, 0.05) is 5.69 Å². The Kier molecular flexibility index (Phi) is 4.22. The summed E-state index contributed by atoms with van der Waals surface area (Å²) in [6, 6.07) is 5.55. The van der Waals surface area contributed by atoms with Crippen molar-refractivity contribution in [1.29, 1.82) is 0 Å². The molecule has 3 aliphatic heterocycles. The number of nitrogens with zero attached hydrogens (tertiary/aromatic N) is 1. The maximum atomic E-state index is 13.4. The van der Waals surface area contributed by atoms with Crippen LogP contribution in [0.5, 0.6) is 0 Å². The zero-order valence-electron chi connectivity index (χ0n) is 14.7. The number of benzene rings is 1. The molecule has 2 fully saturated rings. The standard InChI is InChI=1S/C19H19FN2O5/c1-2-26-14(23)9-22-10-19-7-6-13(27-19)15(16(19)18(22)25)17(24)21-12-5-3-4-11(20)8-12/h3-8,13,15-16H,2,9-10H2,1H3,(H,21,24)/t13-,15-,16-,19-/m1/s1. The predicted molar refractivity (Wildman–Crippen MR) is 92.0 cm³/mol. The molecule has 27 heavy (non-hydrogen) atoms. The minimum absolute atomic E-state index is 0.176. The number of esters is 1. The van der Waals surface area contributed by atoms with Crippen LogP contribution in [0.3, 0.4) is 0 Å². The Morgan fingerprint density at radius 1 is 1.44 bits per heavy atom. The maximum absolute atomic E-state index is 13.4. The van der Waals surface area contributed by atoms with Gasteiger partial charge in [-0.2, -0.15) is 0 Å². The molecule has 2 amide bonds. The molecule has 7 nitrogen and oxygen atoms in total. The second kappa shape index (κ2) is 6.45. The first-order valence-electron chi connectivity index (χ1n) is 8.81. The lowest BCUT2D eigenvalue weighted by atomic mass is 9.77. The Balaban J connectivity index is 1.54. The van der Waals surface area contributed by atoms with Crippen LogP contribution in [0.2, 0.25) is 0 Å². The number of fused-ring (bicyclic) bond motifs is 1. The molecule has 0 saturated carbocycles. The first-order valence-corrected chi connectivity index (χ1v) is 8.81. The third-order valence-electron chi connectivity index (χ3n) is 5.20. The monoisotopic (exact) mass is 374 g/mol. The number of carbonyl (C=O) groups is 3. The van der Waals surface area contributed by atoms with E-state index in [1.54, 1.807) is 25.1 Å². The van der Waals surface area contributed by atoms with Crippen LogP contribution >= 0.6 is 0 Å². The minimum atomic E-state index is -0.905. The van der Waals surface area contributed by atoms with E-state index < -0.39 is 41.2 Å². The normalized spacial score (nSPS) is 30.5. The third kappa shape index (κ3) is 2.90. The zero-order chi connectivity index (χ0) is 19.2. The van der Waals surface area contributed by atoms with Gasteiger partial charge in [-0.3, -0.25) is 14.4 Å². The molecule has 3 aliphatic rings. The summed E-state index contributed by atoms with van der Waals surface area (Å²) in [5.74, 6) is -3.14. The van der Waals surface area contributed by atoms with Crippen LogP contribution < -0.4 is 5.32 Å². The second-order valence-electron chi connectivity index (χ2n) is 6.90. The van der Waals surface area contributed by atoms with Crippen LogP contribution in [0.25, 0.3) is 0 Å². The number of ether oxygens (including phenoxy) is 2. The Bertz CT molecular complexity index is 841. The molecule has 1 aromatic rings. The fourth-order valence-electron chi connectivity index (χ4n) is 4.17. The smallest absolute Gasteiger partial charge is 0.325 e. The zero-order valence-corrected chi connectivity index (χ0v) is 14.7. The van der Waals surface area contributed by atoms with Crippen molar-refractivity contribution in [2.24, 2.45) is 11.8 Å². The van der Waals surface area contributed by atoms with E-state index in [0.29, 0.717) is 5.69 Å². The highest BCUT2D eigenvalue weighted by atomic mass is 19.1. The Labute approximate surface area is 155 Å². The van der Waals surface area contributed by atoms with Gasteiger partial charge in [0.25, 0.3) is 0 Å². The summed E-state index contributed by atoms with van der Waals surface area (Å²) in [6.07, 6.45) is 3.06. The average Bonchev–Trinajstić information content (AvgIpc) is 3.24. The Morgan fingerprint density at radius 3 is 3.00 bits per heavy atom. The van der Waals surface area contributed by atoms with Crippen LogP contribution in [-0.2, 0) is 23.9 Å². The summed E-state index contributed by atoms with van der Waals surface area (Å²) in [7, 11) is 0. The molecule has 0 aromatic heterocycles. The molecule has 1 aromatic carbocycles. The van der Waals surface area contributed by atoms with Gasteiger partial charge >= 0.3 is 5.97 Å². The minimum Gasteiger partial charge on any atom is -0.465 e. The molecule has 1 N–H and O–H groups in total. The van der Waals surface area contributed by atoms with Gasteiger partial charge in [-0.05, 0) is 25.1 Å². The average molecular weight is 374 g/mol. The molecule has 4 rings (SSSR count). The van der Waals surface area contributed by atoms with Gasteiger partial charge < -0.3 is 19.7 Å². The van der Waals surface area contributed by atoms with Gasteiger partial charge in [0.05, 0.1) is 31.1 Å². The van der Waals surface area contributed by atoms with Gasteiger partial charge in [0.15, 0.2) is 0 Å². The van der Waals surface area contributed by atoms with Gasteiger partial charge in [0.1, 0.15) is 18.0 Å². The molecule has 0 unspecified atom stereocenters. The molecule has 4 atom stereocenters. The molecule has 2 saturated heterocycles. The fraction of sp³-hybridized carbons (Fsp3) is 0.421. The summed E-state index contributed by atoms with van der Waals surface area (Å²) in [6.45, 7) is 1.95. The summed E-state index contributed by atoms with van der Waals surface area (Å²) >= 11 is 0. The SMILES string of the molecule is CCOC(=O)CN1C[C@@]23C=C[C@@H](O2)[C@@H](C(=O)Nc2cccc(F)c2)[C@@H]3C1=O. The largest absolute Gasteiger partial charge is 0.465 e. The van der Waals surface area contributed by atoms with Crippen molar-refractivity contribution in [3.05, 3.63) is 42.2 Å². The van der Waals surface area contributed by atoms with E-state index in [0.717, 1.165) is 0 Å². The van der Waals surface area contributed by atoms with E-state index in [2.05, 4.69) is 5.32 Å². The Hall–Kier alpha value is -2.74. The number of amides is 2. The molecular formula is C19H19FN2O5. The van der Waals surface area contributed by atoms with Crippen molar-refractivity contribution in [1.82, 2.24) is 4.90 Å². The van der Waals surface area contributed by atoms with E-state index in [9.17, 15) is 18.8 Å². The summed E-state index contributed by atoms with van der Waals surface area (Å²) < 4.78 is 24.2. The van der Waals surface area contributed by atoms with Crippen molar-refractivity contribution in [3.63, 3.8) is 0 Å². The van der Waals surface area contributed by atoms with E-state index >= 15 is 0 Å². The number of carbonyl (C=O) groups excluding carboxylic acids is 3.